The number of carbonyl (C=O) groups excluding carboxylic acids is 1. The molecule has 10 nitrogen and oxygen atoms in total. The van der Waals surface area contributed by atoms with Crippen molar-refractivity contribution in [1.82, 2.24) is 24.1 Å². The molecule has 0 radical (unpaired) electrons. The summed E-state index contributed by atoms with van der Waals surface area (Å²) >= 11 is 0. The minimum Gasteiger partial charge on any atom is -0.378 e. The molecule has 2 saturated heterocycles. The van der Waals surface area contributed by atoms with E-state index in [1.54, 1.807) is 35.7 Å². The fourth-order valence-electron chi connectivity index (χ4n) is 6.10. The van der Waals surface area contributed by atoms with Gasteiger partial charge in [0.1, 0.15) is 12.1 Å². The highest BCUT2D eigenvalue weighted by molar-refractivity contribution is 5.94. The molecule has 4 heterocycles. The molecule has 1 aromatic carbocycles. The molecule has 0 unspecified atom stereocenters. The molecule has 0 spiro atoms. The molecule has 2 aliphatic heterocycles. The highest BCUT2D eigenvalue weighted by atomic mass is 16.5. The molecule has 3 aromatic rings. The maximum absolute atomic E-state index is 12.9. The van der Waals surface area contributed by atoms with Crippen LogP contribution in [-0.4, -0.2) is 81.5 Å². The summed E-state index contributed by atoms with van der Waals surface area (Å²) in [6, 6.07) is 12.5. The number of nitriles is 1. The van der Waals surface area contributed by atoms with Crippen LogP contribution in [0.2, 0.25) is 0 Å². The van der Waals surface area contributed by atoms with Crippen molar-refractivity contribution in [2.75, 3.05) is 38.2 Å². The first kappa shape index (κ1) is 27.9. The molecule has 3 atom stereocenters. The van der Waals surface area contributed by atoms with E-state index in [4.69, 9.17) is 9.84 Å². The number of anilines is 1. The second kappa shape index (κ2) is 11.4. The van der Waals surface area contributed by atoms with Crippen molar-refractivity contribution >= 4 is 22.6 Å². The number of hydrogen-bond donors (Lipinski definition) is 0. The summed E-state index contributed by atoms with van der Waals surface area (Å²) in [7, 11) is 3.43. The molecule has 1 amide bonds. The van der Waals surface area contributed by atoms with Gasteiger partial charge in [0, 0.05) is 70.1 Å². The number of amides is 1. The Morgan fingerprint density at radius 3 is 2.45 bits per heavy atom. The lowest BCUT2D eigenvalue weighted by Gasteiger charge is -2.49. The van der Waals surface area contributed by atoms with Gasteiger partial charge in [-0.25, -0.2) is 0 Å². The lowest BCUT2D eigenvalue weighted by atomic mass is 9.96. The van der Waals surface area contributed by atoms with E-state index in [-0.39, 0.29) is 42.2 Å². The largest absolute Gasteiger partial charge is 0.378 e. The lowest BCUT2D eigenvalue weighted by molar-refractivity contribution is -0.0191. The van der Waals surface area contributed by atoms with Crippen molar-refractivity contribution in [3.63, 3.8) is 0 Å². The van der Waals surface area contributed by atoms with E-state index in [1.807, 2.05) is 17.0 Å². The lowest BCUT2D eigenvalue weighted by Crippen LogP contribution is -2.58. The Bertz CT molecular complexity index is 1470. The van der Waals surface area contributed by atoms with Gasteiger partial charge in [0.2, 0.25) is 0 Å². The topological polar surface area (TPSA) is 99.6 Å². The Morgan fingerprint density at radius 1 is 1.12 bits per heavy atom. The summed E-state index contributed by atoms with van der Waals surface area (Å²) in [4.78, 5) is 32.5. The number of carbonyl (C=O) groups is 1. The zero-order chi connectivity index (χ0) is 28.6. The van der Waals surface area contributed by atoms with Gasteiger partial charge in [-0.05, 0) is 37.5 Å². The number of aryl methyl sites for hydroxylation is 1. The molecule has 10 heteroatoms. The van der Waals surface area contributed by atoms with Crippen LogP contribution in [0, 0.1) is 11.3 Å². The van der Waals surface area contributed by atoms with E-state index >= 15 is 0 Å². The molecule has 2 fully saturated rings. The van der Waals surface area contributed by atoms with Crippen LogP contribution in [0.1, 0.15) is 55.6 Å². The maximum Gasteiger partial charge on any atom is 0.254 e. The summed E-state index contributed by atoms with van der Waals surface area (Å²) in [5.74, 6) is 0.0520. The van der Waals surface area contributed by atoms with Crippen LogP contribution in [0.25, 0.3) is 11.0 Å². The van der Waals surface area contributed by atoms with Gasteiger partial charge in [-0.2, -0.15) is 10.4 Å². The van der Waals surface area contributed by atoms with Crippen molar-refractivity contribution < 1.29 is 9.53 Å². The second-order valence-electron chi connectivity index (χ2n) is 11.0. The molecule has 40 heavy (non-hydrogen) atoms. The predicted octanol–water partition coefficient (Wildman–Crippen LogP) is 3.17. The Kier molecular flexibility index (Phi) is 7.97. The first-order chi connectivity index (χ1) is 19.3. The van der Waals surface area contributed by atoms with E-state index in [2.05, 4.69) is 48.8 Å². The standard InChI is InChI=1S/C30H39N7O3/c1-6-23-16-37(26-14-28(38)33(4)27-19-35(13-12-31)32-29(26)27)24(7-2)15-36(23)20(3)21-8-10-22(11-9-21)30(39)34-17-25(18-34)40-5/h8-11,14,19-20,23-25H,6-7,13,15-18H2,1-5H3/t20-,23+,24-/m0/s1. The van der Waals surface area contributed by atoms with Crippen molar-refractivity contribution in [3.05, 3.63) is 58.0 Å². The van der Waals surface area contributed by atoms with Crippen LogP contribution >= 0.6 is 0 Å². The highest BCUT2D eigenvalue weighted by Crippen LogP contribution is 2.34. The van der Waals surface area contributed by atoms with Crippen molar-refractivity contribution in [3.8, 4) is 6.07 Å². The Balaban J connectivity index is 1.38. The number of likely N-dealkylation sites (tertiary alicyclic amines) is 1. The van der Waals surface area contributed by atoms with Crippen LogP contribution in [0.15, 0.2) is 41.3 Å². The molecule has 2 aromatic heterocycles. The van der Waals surface area contributed by atoms with E-state index in [1.165, 1.54) is 5.56 Å². The van der Waals surface area contributed by atoms with Gasteiger partial charge in [-0.1, -0.05) is 26.0 Å². The number of piperazine rings is 1. The number of aromatic nitrogens is 3. The van der Waals surface area contributed by atoms with Gasteiger partial charge >= 0.3 is 0 Å². The summed E-state index contributed by atoms with van der Waals surface area (Å²) in [6.45, 7) is 9.68. The van der Waals surface area contributed by atoms with Crippen molar-refractivity contribution in [2.24, 2.45) is 7.05 Å². The van der Waals surface area contributed by atoms with Crippen LogP contribution in [0.5, 0.6) is 0 Å². The summed E-state index contributed by atoms with van der Waals surface area (Å²) < 4.78 is 8.51. The molecule has 0 bridgehead atoms. The number of hydrogen-bond acceptors (Lipinski definition) is 7. The zero-order valence-corrected chi connectivity index (χ0v) is 24.1. The monoisotopic (exact) mass is 545 g/mol. The zero-order valence-electron chi connectivity index (χ0n) is 24.1. The average molecular weight is 546 g/mol. The average Bonchev–Trinajstić information content (AvgIpc) is 3.37. The summed E-state index contributed by atoms with van der Waals surface area (Å²) in [6.07, 6.45) is 3.80. The minimum absolute atomic E-state index is 0.0520. The predicted molar refractivity (Wildman–Crippen MR) is 154 cm³/mol. The SMILES string of the molecule is CC[C@H]1CN([C@@H](C)c2ccc(C(=O)N3CC(OC)C3)cc2)[C@H](CC)CN1c1cc(=O)n(C)c2cn(CC#N)nc12. The minimum atomic E-state index is -0.0803. The molecule has 0 N–H and O–H groups in total. The van der Waals surface area contributed by atoms with Crippen molar-refractivity contribution in [1.29, 1.82) is 5.26 Å². The Hall–Kier alpha value is -3.68. The molecule has 212 valence electrons. The third-order valence-electron chi connectivity index (χ3n) is 8.77. The van der Waals surface area contributed by atoms with Gasteiger partial charge in [0.05, 0.1) is 29.6 Å². The number of methoxy groups -OCH3 is 1. The number of nitrogens with zero attached hydrogens (tertiary/aromatic N) is 7. The third-order valence-corrected chi connectivity index (χ3v) is 8.77. The van der Waals surface area contributed by atoms with E-state index in [0.717, 1.165) is 42.7 Å². The quantitative estimate of drug-likeness (QED) is 0.429. The third kappa shape index (κ3) is 5.00. The Morgan fingerprint density at radius 2 is 1.82 bits per heavy atom. The number of rotatable bonds is 8. The molecular weight excluding hydrogens is 506 g/mol. The smallest absolute Gasteiger partial charge is 0.254 e. The second-order valence-corrected chi connectivity index (χ2v) is 11.0. The van der Waals surface area contributed by atoms with Gasteiger partial charge in [0.25, 0.3) is 11.5 Å². The van der Waals surface area contributed by atoms with Crippen LogP contribution in [0.4, 0.5) is 5.69 Å². The van der Waals surface area contributed by atoms with Gasteiger partial charge in [-0.15, -0.1) is 0 Å². The molecule has 5 rings (SSSR count). The molecular formula is C30H39N7O3. The van der Waals surface area contributed by atoms with Gasteiger partial charge in [0.15, 0.2) is 0 Å². The molecule has 2 aliphatic rings. The van der Waals surface area contributed by atoms with Gasteiger partial charge in [-0.3, -0.25) is 19.2 Å². The normalized spacial score (nSPS) is 20.9. The van der Waals surface area contributed by atoms with E-state index in [0.29, 0.717) is 18.7 Å². The summed E-state index contributed by atoms with van der Waals surface area (Å²) in [5.41, 5.74) is 4.15. The first-order valence-electron chi connectivity index (χ1n) is 14.2. The first-order valence-corrected chi connectivity index (χ1v) is 14.2. The molecule has 0 aliphatic carbocycles. The molecule has 0 saturated carbocycles. The fraction of sp³-hybridized carbons (Fsp3) is 0.533. The van der Waals surface area contributed by atoms with Crippen LogP contribution in [-0.2, 0) is 18.3 Å². The number of benzene rings is 1. The van der Waals surface area contributed by atoms with E-state index in [9.17, 15) is 14.9 Å². The number of ether oxygens (including phenoxy) is 1. The maximum atomic E-state index is 12.9. The Labute approximate surface area is 235 Å². The number of fused-ring (bicyclic) bond motifs is 1. The van der Waals surface area contributed by atoms with Gasteiger partial charge < -0.3 is 19.1 Å². The van der Waals surface area contributed by atoms with Crippen LogP contribution in [0.3, 0.4) is 0 Å². The fourth-order valence-corrected chi connectivity index (χ4v) is 6.10. The number of pyridine rings is 1. The summed E-state index contributed by atoms with van der Waals surface area (Å²) in [5, 5.41) is 13.9. The van der Waals surface area contributed by atoms with Crippen molar-refractivity contribution in [2.45, 2.75) is 64.4 Å². The van der Waals surface area contributed by atoms with Crippen LogP contribution < -0.4 is 10.5 Å². The highest BCUT2D eigenvalue weighted by Gasteiger charge is 2.37. The van der Waals surface area contributed by atoms with E-state index < -0.39 is 0 Å².